The van der Waals surface area contributed by atoms with Crippen molar-refractivity contribution in [3.63, 3.8) is 0 Å². The van der Waals surface area contributed by atoms with Crippen molar-refractivity contribution in [2.75, 3.05) is 19.6 Å². The summed E-state index contributed by atoms with van der Waals surface area (Å²) < 4.78 is 1.10. The predicted molar refractivity (Wildman–Crippen MR) is 107 cm³/mol. The van der Waals surface area contributed by atoms with Crippen LogP contribution in [0.15, 0.2) is 29.2 Å². The molecule has 0 unspecified atom stereocenters. The molecule has 2 aliphatic rings. The van der Waals surface area contributed by atoms with Gasteiger partial charge < -0.3 is 4.90 Å². The van der Waals surface area contributed by atoms with Crippen LogP contribution in [0.5, 0.6) is 0 Å². The van der Waals surface area contributed by atoms with Gasteiger partial charge in [-0.05, 0) is 76.9 Å². The molecule has 2 aliphatic heterocycles. The predicted octanol–water partition coefficient (Wildman–Crippen LogP) is 3.59. The zero-order chi connectivity index (χ0) is 18.0. The summed E-state index contributed by atoms with van der Waals surface area (Å²) in [6, 6.07) is 7.68. The Kier molecular flexibility index (Phi) is 5.83. The lowest BCUT2D eigenvalue weighted by Gasteiger charge is -2.31. The van der Waals surface area contributed by atoms with E-state index in [1.165, 1.54) is 0 Å². The molecule has 3 rings (SSSR count). The number of rotatable bonds is 3. The number of carbonyl (C=O) groups is 3. The van der Waals surface area contributed by atoms with Gasteiger partial charge in [0.1, 0.15) is 6.54 Å². The number of halogens is 1. The second kappa shape index (κ2) is 7.90. The number of amides is 3. The molecule has 0 radical (unpaired) electrons. The molecule has 5 nitrogen and oxygen atoms in total. The summed E-state index contributed by atoms with van der Waals surface area (Å²) in [7, 11) is 0. The van der Waals surface area contributed by atoms with Gasteiger partial charge in [0, 0.05) is 16.7 Å². The number of thioether (sulfide) groups is 1. The van der Waals surface area contributed by atoms with E-state index in [-0.39, 0.29) is 23.6 Å². The summed E-state index contributed by atoms with van der Waals surface area (Å²) in [4.78, 5) is 40.3. The largest absolute Gasteiger partial charge is 0.341 e. The summed E-state index contributed by atoms with van der Waals surface area (Å²) in [6.45, 7) is 3.42. The normalized spacial score (nSPS) is 20.6. The maximum Gasteiger partial charge on any atom is 0.294 e. The number of nitrogens with zero attached hydrogens (tertiary/aromatic N) is 2. The van der Waals surface area contributed by atoms with E-state index in [1.54, 1.807) is 11.0 Å². The number of hydrogen-bond acceptors (Lipinski definition) is 4. The van der Waals surface area contributed by atoms with E-state index >= 15 is 0 Å². The Hall–Kier alpha value is -1.35. The monoisotopic (exact) mass is 470 g/mol. The van der Waals surface area contributed by atoms with E-state index < -0.39 is 0 Å². The van der Waals surface area contributed by atoms with Crippen LogP contribution in [-0.2, 0) is 9.59 Å². The maximum atomic E-state index is 12.5. The van der Waals surface area contributed by atoms with Gasteiger partial charge in [-0.1, -0.05) is 19.1 Å². The van der Waals surface area contributed by atoms with E-state index in [0.29, 0.717) is 23.9 Å². The molecule has 0 saturated carbocycles. The molecule has 25 heavy (non-hydrogen) atoms. The van der Waals surface area contributed by atoms with Crippen LogP contribution >= 0.6 is 34.4 Å². The fraction of sp³-hybridized carbons (Fsp3) is 0.389. The molecule has 7 heteroatoms. The Bertz CT molecular complexity index is 724. The average Bonchev–Trinajstić information content (AvgIpc) is 2.85. The lowest BCUT2D eigenvalue weighted by Crippen LogP contribution is -2.45. The lowest BCUT2D eigenvalue weighted by atomic mass is 9.99. The molecule has 1 aromatic rings. The van der Waals surface area contributed by atoms with Crippen molar-refractivity contribution in [3.05, 3.63) is 38.3 Å². The first-order chi connectivity index (χ1) is 11.9. The number of hydrogen-bond donors (Lipinski definition) is 0. The quantitative estimate of drug-likeness (QED) is 0.501. The molecule has 0 bridgehead atoms. The van der Waals surface area contributed by atoms with Crippen molar-refractivity contribution in [2.24, 2.45) is 5.92 Å². The Morgan fingerprint density at radius 1 is 1.24 bits per heavy atom. The van der Waals surface area contributed by atoms with E-state index in [9.17, 15) is 14.4 Å². The van der Waals surface area contributed by atoms with Crippen molar-refractivity contribution in [1.29, 1.82) is 0 Å². The van der Waals surface area contributed by atoms with Crippen molar-refractivity contribution in [3.8, 4) is 0 Å². The van der Waals surface area contributed by atoms with Gasteiger partial charge in [-0.2, -0.15) is 0 Å². The van der Waals surface area contributed by atoms with Gasteiger partial charge in [0.15, 0.2) is 0 Å². The van der Waals surface area contributed by atoms with E-state index in [0.717, 1.165) is 38.6 Å². The van der Waals surface area contributed by atoms with Gasteiger partial charge in [0.25, 0.3) is 11.1 Å². The van der Waals surface area contributed by atoms with Crippen molar-refractivity contribution >= 4 is 57.5 Å². The molecule has 132 valence electrons. The van der Waals surface area contributed by atoms with Gasteiger partial charge >= 0.3 is 0 Å². The molecule has 3 amide bonds. The highest BCUT2D eigenvalue weighted by Gasteiger charge is 2.37. The van der Waals surface area contributed by atoms with Crippen LogP contribution in [0.25, 0.3) is 6.08 Å². The van der Waals surface area contributed by atoms with Crippen molar-refractivity contribution in [1.82, 2.24) is 9.80 Å². The molecule has 0 N–H and O–H groups in total. The number of carbonyl (C=O) groups excluding carboxylic acids is 3. The highest BCUT2D eigenvalue weighted by molar-refractivity contribution is 14.1. The molecule has 2 saturated heterocycles. The first kappa shape index (κ1) is 18.4. The summed E-state index contributed by atoms with van der Waals surface area (Å²) in [5.74, 6) is 0.0927. The van der Waals surface area contributed by atoms with E-state index in [4.69, 9.17) is 0 Å². The molecule has 2 heterocycles. The highest BCUT2D eigenvalue weighted by Crippen LogP contribution is 2.32. The smallest absolute Gasteiger partial charge is 0.294 e. The summed E-state index contributed by atoms with van der Waals surface area (Å²) in [6.07, 6.45) is 3.65. The number of imide groups is 1. The molecule has 0 spiro atoms. The van der Waals surface area contributed by atoms with Crippen LogP contribution in [-0.4, -0.2) is 46.5 Å². The Labute approximate surface area is 164 Å². The fourth-order valence-electron chi connectivity index (χ4n) is 2.84. The topological polar surface area (TPSA) is 57.7 Å². The molecule has 2 fully saturated rings. The summed E-state index contributed by atoms with van der Waals surface area (Å²) >= 11 is 3.11. The molecule has 1 aromatic carbocycles. The van der Waals surface area contributed by atoms with E-state index in [2.05, 4.69) is 29.5 Å². The van der Waals surface area contributed by atoms with Crippen LogP contribution in [0, 0.1) is 9.49 Å². The van der Waals surface area contributed by atoms with Gasteiger partial charge in [-0.15, -0.1) is 0 Å². The average molecular weight is 470 g/mol. The van der Waals surface area contributed by atoms with Crippen LogP contribution < -0.4 is 0 Å². The van der Waals surface area contributed by atoms with Crippen LogP contribution in [0.1, 0.15) is 25.3 Å². The fourth-order valence-corrected chi connectivity index (χ4v) is 4.04. The first-order valence-corrected chi connectivity index (χ1v) is 10.1. The van der Waals surface area contributed by atoms with E-state index in [1.807, 2.05) is 24.3 Å². The third kappa shape index (κ3) is 4.44. The van der Waals surface area contributed by atoms with Gasteiger partial charge in [0.05, 0.1) is 4.91 Å². The number of likely N-dealkylation sites (tertiary alicyclic amines) is 1. The summed E-state index contributed by atoms with van der Waals surface area (Å²) in [5, 5.41) is -0.375. The van der Waals surface area contributed by atoms with Gasteiger partial charge in [0.2, 0.25) is 5.91 Å². The van der Waals surface area contributed by atoms with Crippen LogP contribution in [0.4, 0.5) is 4.79 Å². The number of piperidine rings is 1. The number of benzene rings is 1. The van der Waals surface area contributed by atoms with Crippen LogP contribution in [0.3, 0.4) is 0 Å². The second-order valence-corrected chi connectivity index (χ2v) is 8.62. The minimum atomic E-state index is -0.382. The van der Waals surface area contributed by atoms with Gasteiger partial charge in [-0.3, -0.25) is 19.3 Å². The Morgan fingerprint density at radius 3 is 2.52 bits per heavy atom. The van der Waals surface area contributed by atoms with Crippen LogP contribution in [0.2, 0.25) is 0 Å². The Balaban J connectivity index is 1.67. The molecule has 0 aliphatic carbocycles. The second-order valence-electron chi connectivity index (χ2n) is 6.38. The minimum Gasteiger partial charge on any atom is -0.341 e. The molecular weight excluding hydrogens is 451 g/mol. The zero-order valence-electron chi connectivity index (χ0n) is 13.9. The minimum absolute atomic E-state index is 0.148. The maximum absolute atomic E-state index is 12.5. The third-order valence-corrected chi connectivity index (χ3v) is 6.10. The molecule has 0 aromatic heterocycles. The standard InChI is InChI=1S/C18H19IN2O3S/c1-12-6-8-20(9-7-12)16(22)11-21-17(23)15(25-18(21)24)10-13-2-4-14(19)5-3-13/h2-5,10,12H,6-9,11H2,1H3. The van der Waals surface area contributed by atoms with Crippen molar-refractivity contribution in [2.45, 2.75) is 19.8 Å². The first-order valence-electron chi connectivity index (χ1n) is 8.23. The summed E-state index contributed by atoms with van der Waals surface area (Å²) in [5.41, 5.74) is 0.863. The highest BCUT2D eigenvalue weighted by atomic mass is 127. The van der Waals surface area contributed by atoms with Gasteiger partial charge in [-0.25, -0.2) is 0 Å². The molecule has 0 atom stereocenters. The lowest BCUT2D eigenvalue weighted by molar-refractivity contribution is -0.136. The zero-order valence-corrected chi connectivity index (χ0v) is 16.9. The molecular formula is C18H19IN2O3S. The SMILES string of the molecule is CC1CCN(C(=O)CN2C(=O)SC(=Cc3ccc(I)cc3)C2=O)CC1. The Morgan fingerprint density at radius 2 is 1.88 bits per heavy atom. The van der Waals surface area contributed by atoms with Crippen molar-refractivity contribution < 1.29 is 14.4 Å². The third-order valence-electron chi connectivity index (χ3n) is 4.47.